The Bertz CT molecular complexity index is 917. The zero-order chi connectivity index (χ0) is 21.7. The van der Waals surface area contributed by atoms with Crippen LogP contribution in [-0.4, -0.2) is 41.8 Å². The van der Waals surface area contributed by atoms with Crippen LogP contribution in [0.5, 0.6) is 5.75 Å². The second kappa shape index (κ2) is 9.61. The van der Waals surface area contributed by atoms with Crippen LogP contribution in [-0.2, 0) is 16.1 Å². The number of carbonyl (C=O) groups is 2. The number of hydrogen-bond acceptors (Lipinski definition) is 4. The van der Waals surface area contributed by atoms with Crippen LogP contribution < -0.4 is 4.74 Å². The van der Waals surface area contributed by atoms with Crippen LogP contribution in [0.15, 0.2) is 60.3 Å². The maximum absolute atomic E-state index is 13.2. The highest BCUT2D eigenvalue weighted by Gasteiger charge is 2.40. The molecule has 0 radical (unpaired) electrons. The molecule has 0 atom stereocenters. The van der Waals surface area contributed by atoms with Crippen LogP contribution in [0.3, 0.4) is 0 Å². The molecule has 0 saturated carbocycles. The van der Waals surface area contributed by atoms with Crippen LogP contribution in [0, 0.1) is 5.92 Å². The normalized spacial score (nSPS) is 14.1. The standard InChI is InChI=1S/C25H30N2O3/c1-5-15-27-24(28)22(20-11-13-21(14-12-20)30-17-18(2)3)23(25(27)29)26(4)16-19-9-7-6-8-10-19/h6-14,18H,5,15-17H2,1-4H3. The summed E-state index contributed by atoms with van der Waals surface area (Å²) in [6.45, 7) is 7.76. The minimum absolute atomic E-state index is 0.226. The second-order valence-corrected chi connectivity index (χ2v) is 8.06. The van der Waals surface area contributed by atoms with E-state index in [1.807, 2.05) is 73.5 Å². The molecule has 0 saturated heterocycles. The molecule has 158 valence electrons. The van der Waals surface area contributed by atoms with E-state index in [4.69, 9.17) is 4.74 Å². The molecule has 5 heteroatoms. The zero-order valence-corrected chi connectivity index (χ0v) is 18.2. The molecule has 2 aromatic carbocycles. The van der Waals surface area contributed by atoms with Crippen molar-refractivity contribution < 1.29 is 14.3 Å². The molecule has 1 aliphatic heterocycles. The topological polar surface area (TPSA) is 49.9 Å². The summed E-state index contributed by atoms with van der Waals surface area (Å²) in [5.74, 6) is 0.736. The van der Waals surface area contributed by atoms with Gasteiger partial charge in [-0.3, -0.25) is 14.5 Å². The number of ether oxygens (including phenoxy) is 1. The van der Waals surface area contributed by atoms with E-state index in [1.54, 1.807) is 0 Å². The molecule has 0 unspecified atom stereocenters. The van der Waals surface area contributed by atoms with E-state index in [2.05, 4.69) is 13.8 Å². The second-order valence-electron chi connectivity index (χ2n) is 8.06. The summed E-state index contributed by atoms with van der Waals surface area (Å²) in [5.41, 5.74) is 2.73. The predicted octanol–water partition coefficient (Wildman–Crippen LogP) is 4.34. The van der Waals surface area contributed by atoms with Gasteiger partial charge in [-0.1, -0.05) is 63.2 Å². The fourth-order valence-electron chi connectivity index (χ4n) is 3.52. The summed E-state index contributed by atoms with van der Waals surface area (Å²) in [4.78, 5) is 29.5. The molecule has 0 bridgehead atoms. The molecule has 2 amide bonds. The van der Waals surface area contributed by atoms with Gasteiger partial charge in [0.05, 0.1) is 12.2 Å². The monoisotopic (exact) mass is 406 g/mol. The third-order valence-corrected chi connectivity index (χ3v) is 4.96. The van der Waals surface area contributed by atoms with Crippen LogP contribution in [0.2, 0.25) is 0 Å². The maximum atomic E-state index is 13.2. The highest BCUT2D eigenvalue weighted by Crippen LogP contribution is 2.32. The fraction of sp³-hybridized carbons (Fsp3) is 0.360. The van der Waals surface area contributed by atoms with Gasteiger partial charge in [-0.15, -0.1) is 0 Å². The summed E-state index contributed by atoms with van der Waals surface area (Å²) in [7, 11) is 1.86. The third kappa shape index (κ3) is 4.73. The lowest BCUT2D eigenvalue weighted by atomic mass is 10.0. The SMILES string of the molecule is CCCN1C(=O)C(c2ccc(OCC(C)C)cc2)=C(N(C)Cc2ccccc2)C1=O. The molecule has 3 rings (SSSR count). The van der Waals surface area contributed by atoms with E-state index in [0.717, 1.165) is 23.3 Å². The van der Waals surface area contributed by atoms with Gasteiger partial charge in [-0.05, 0) is 35.6 Å². The van der Waals surface area contributed by atoms with Gasteiger partial charge < -0.3 is 9.64 Å². The zero-order valence-electron chi connectivity index (χ0n) is 18.2. The lowest BCUT2D eigenvalue weighted by molar-refractivity contribution is -0.137. The fourth-order valence-corrected chi connectivity index (χ4v) is 3.52. The Morgan fingerprint density at radius 1 is 0.967 bits per heavy atom. The van der Waals surface area contributed by atoms with Crippen molar-refractivity contribution in [3.05, 3.63) is 71.4 Å². The molecule has 0 spiro atoms. The number of carbonyl (C=O) groups excluding carboxylic acids is 2. The molecule has 0 aromatic heterocycles. The Morgan fingerprint density at radius 3 is 2.23 bits per heavy atom. The Morgan fingerprint density at radius 2 is 1.63 bits per heavy atom. The number of likely N-dealkylation sites (N-methyl/N-ethyl adjacent to an activating group) is 1. The lowest BCUT2D eigenvalue weighted by Gasteiger charge is -2.21. The summed E-state index contributed by atoms with van der Waals surface area (Å²) in [6.07, 6.45) is 0.725. The first-order valence-corrected chi connectivity index (χ1v) is 10.5. The molecule has 5 nitrogen and oxygen atoms in total. The van der Waals surface area contributed by atoms with Crippen LogP contribution in [0.4, 0.5) is 0 Å². The first-order chi connectivity index (χ1) is 14.4. The van der Waals surface area contributed by atoms with Crippen molar-refractivity contribution in [2.45, 2.75) is 33.7 Å². The molecule has 0 fully saturated rings. The molecule has 1 heterocycles. The van der Waals surface area contributed by atoms with Crippen molar-refractivity contribution >= 4 is 17.4 Å². The molecular weight excluding hydrogens is 376 g/mol. The van der Waals surface area contributed by atoms with Gasteiger partial charge in [0.25, 0.3) is 11.8 Å². The average Bonchev–Trinajstić information content (AvgIpc) is 2.98. The van der Waals surface area contributed by atoms with E-state index in [1.165, 1.54) is 4.90 Å². The van der Waals surface area contributed by atoms with Crippen molar-refractivity contribution in [1.29, 1.82) is 0 Å². The Hall–Kier alpha value is -3.08. The lowest BCUT2D eigenvalue weighted by Crippen LogP contribution is -2.34. The van der Waals surface area contributed by atoms with E-state index in [9.17, 15) is 9.59 Å². The summed E-state index contributed by atoms with van der Waals surface area (Å²) >= 11 is 0. The maximum Gasteiger partial charge on any atom is 0.277 e. The van der Waals surface area contributed by atoms with E-state index in [-0.39, 0.29) is 11.8 Å². The highest BCUT2D eigenvalue weighted by molar-refractivity contribution is 6.35. The van der Waals surface area contributed by atoms with Crippen molar-refractivity contribution in [3.63, 3.8) is 0 Å². The van der Waals surface area contributed by atoms with Gasteiger partial charge in [0, 0.05) is 20.1 Å². The smallest absolute Gasteiger partial charge is 0.277 e. The van der Waals surface area contributed by atoms with Crippen LogP contribution in [0.25, 0.3) is 5.57 Å². The van der Waals surface area contributed by atoms with Gasteiger partial charge >= 0.3 is 0 Å². The largest absolute Gasteiger partial charge is 0.493 e. The van der Waals surface area contributed by atoms with Crippen molar-refractivity contribution in [1.82, 2.24) is 9.80 Å². The predicted molar refractivity (Wildman–Crippen MR) is 119 cm³/mol. The summed E-state index contributed by atoms with van der Waals surface area (Å²) in [5, 5.41) is 0. The molecule has 0 aliphatic carbocycles. The summed E-state index contributed by atoms with van der Waals surface area (Å²) < 4.78 is 5.76. The van der Waals surface area contributed by atoms with E-state index < -0.39 is 0 Å². The van der Waals surface area contributed by atoms with Crippen LogP contribution in [0.1, 0.15) is 38.3 Å². The molecule has 1 aliphatic rings. The minimum Gasteiger partial charge on any atom is -0.493 e. The number of imide groups is 1. The van der Waals surface area contributed by atoms with Gasteiger partial charge in [0.1, 0.15) is 11.4 Å². The molecule has 2 aromatic rings. The quantitative estimate of drug-likeness (QED) is 0.581. The number of rotatable bonds is 9. The molecular formula is C25H30N2O3. The Balaban J connectivity index is 1.94. The number of nitrogens with zero attached hydrogens (tertiary/aromatic N) is 2. The first-order valence-electron chi connectivity index (χ1n) is 10.5. The average molecular weight is 407 g/mol. The highest BCUT2D eigenvalue weighted by atomic mass is 16.5. The van der Waals surface area contributed by atoms with Crippen LogP contribution >= 0.6 is 0 Å². The Kier molecular flexibility index (Phi) is 6.93. The molecule has 30 heavy (non-hydrogen) atoms. The van der Waals surface area contributed by atoms with Gasteiger partial charge in [0.2, 0.25) is 0 Å². The number of hydrogen-bond donors (Lipinski definition) is 0. The van der Waals surface area contributed by atoms with Gasteiger partial charge in [-0.25, -0.2) is 0 Å². The van der Waals surface area contributed by atoms with E-state index >= 15 is 0 Å². The van der Waals surface area contributed by atoms with Crippen molar-refractivity contribution in [3.8, 4) is 5.75 Å². The molecule has 0 N–H and O–H groups in total. The van der Waals surface area contributed by atoms with Crippen molar-refractivity contribution in [2.75, 3.05) is 20.2 Å². The van der Waals surface area contributed by atoms with E-state index in [0.29, 0.717) is 36.9 Å². The number of amides is 2. The van der Waals surface area contributed by atoms with Gasteiger partial charge in [-0.2, -0.15) is 0 Å². The Labute approximate surface area is 178 Å². The third-order valence-electron chi connectivity index (χ3n) is 4.96. The number of benzene rings is 2. The first kappa shape index (κ1) is 21.6. The summed E-state index contributed by atoms with van der Waals surface area (Å²) in [6, 6.07) is 17.4. The van der Waals surface area contributed by atoms with Crippen molar-refractivity contribution in [2.24, 2.45) is 5.92 Å². The van der Waals surface area contributed by atoms with Gasteiger partial charge in [0.15, 0.2) is 0 Å². The minimum atomic E-state index is -0.229.